The predicted molar refractivity (Wildman–Crippen MR) is 195 cm³/mol. The zero-order valence-electron chi connectivity index (χ0n) is 28.6. The van der Waals surface area contributed by atoms with Crippen molar-refractivity contribution < 1.29 is 24.0 Å². The van der Waals surface area contributed by atoms with E-state index in [1.165, 1.54) is 24.8 Å². The van der Waals surface area contributed by atoms with Gasteiger partial charge in [0.25, 0.3) is 5.91 Å². The summed E-state index contributed by atoms with van der Waals surface area (Å²) in [6, 6.07) is 34.3. The van der Waals surface area contributed by atoms with Gasteiger partial charge in [0.1, 0.15) is 6.04 Å². The lowest BCUT2D eigenvalue weighted by atomic mass is 9.97. The van der Waals surface area contributed by atoms with Gasteiger partial charge >= 0.3 is 0 Å². The van der Waals surface area contributed by atoms with Crippen molar-refractivity contribution >= 4 is 29.4 Å². The van der Waals surface area contributed by atoms with E-state index in [4.69, 9.17) is 0 Å². The van der Waals surface area contributed by atoms with Crippen molar-refractivity contribution in [3.8, 4) is 11.1 Å². The van der Waals surface area contributed by atoms with Gasteiger partial charge in [0, 0.05) is 13.0 Å². The van der Waals surface area contributed by atoms with Crippen molar-refractivity contribution in [2.45, 2.75) is 64.5 Å². The number of Topliss-reactive ketones (excluding diaryl/α,β-unsaturated/α-hetero) is 1. The Labute approximate surface area is 294 Å². The van der Waals surface area contributed by atoms with Gasteiger partial charge in [0.2, 0.25) is 23.5 Å². The number of carbonyl (C=O) groups excluding carboxylic acids is 5. The Morgan fingerprint density at radius 1 is 0.680 bits per heavy atom. The quantitative estimate of drug-likeness (QED) is 0.214. The van der Waals surface area contributed by atoms with Gasteiger partial charge < -0.3 is 21.3 Å². The van der Waals surface area contributed by atoms with E-state index in [1.807, 2.05) is 97.1 Å². The van der Waals surface area contributed by atoms with Crippen molar-refractivity contribution in [3.63, 3.8) is 0 Å². The van der Waals surface area contributed by atoms with Crippen molar-refractivity contribution in [1.82, 2.24) is 21.3 Å². The number of amides is 4. The molecule has 1 atom stereocenters. The molecule has 9 nitrogen and oxygen atoms in total. The Morgan fingerprint density at radius 2 is 1.28 bits per heavy atom. The molecule has 4 bridgehead atoms. The van der Waals surface area contributed by atoms with Crippen LogP contribution in [0.1, 0.15) is 54.4 Å². The van der Waals surface area contributed by atoms with Gasteiger partial charge in [-0.05, 0) is 54.0 Å². The van der Waals surface area contributed by atoms with Crippen LogP contribution in [0.5, 0.6) is 0 Å². The summed E-state index contributed by atoms with van der Waals surface area (Å²) >= 11 is 0. The molecule has 50 heavy (non-hydrogen) atoms. The van der Waals surface area contributed by atoms with Crippen molar-refractivity contribution in [2.24, 2.45) is 0 Å². The molecule has 4 amide bonds. The van der Waals surface area contributed by atoms with E-state index < -0.39 is 36.1 Å². The van der Waals surface area contributed by atoms with E-state index >= 15 is 0 Å². The number of aryl methyl sites for hydroxylation is 3. The number of rotatable bonds is 6. The fourth-order valence-corrected chi connectivity index (χ4v) is 4.95. The fourth-order valence-electron chi connectivity index (χ4n) is 4.95. The molecule has 4 N–H and O–H groups in total. The van der Waals surface area contributed by atoms with Crippen LogP contribution in [0.3, 0.4) is 0 Å². The highest BCUT2D eigenvalue weighted by Gasteiger charge is 2.23. The first kappa shape index (κ1) is 37.3. The summed E-state index contributed by atoms with van der Waals surface area (Å²) in [6.45, 7) is 1.49. The molecular weight excluding hydrogens is 628 g/mol. The average molecular weight is 675 g/mol. The van der Waals surface area contributed by atoms with Gasteiger partial charge in [-0.25, -0.2) is 0 Å². The molecule has 2 aliphatic rings. The second kappa shape index (κ2) is 20.1. The molecule has 1 aliphatic heterocycles. The highest BCUT2D eigenvalue weighted by atomic mass is 16.2. The van der Waals surface area contributed by atoms with E-state index in [2.05, 4.69) is 40.3 Å². The molecule has 4 aromatic rings. The monoisotopic (exact) mass is 674 g/mol. The minimum absolute atomic E-state index is 0.188. The molecule has 0 radical (unpaired) electrons. The first-order valence-electron chi connectivity index (χ1n) is 17.2. The van der Waals surface area contributed by atoms with Gasteiger partial charge in [-0.15, -0.1) is 0 Å². The molecule has 1 fully saturated rings. The molecule has 4 aromatic carbocycles. The molecule has 1 aliphatic carbocycles. The minimum atomic E-state index is -0.968. The maximum atomic E-state index is 13.0. The van der Waals surface area contributed by atoms with Gasteiger partial charge in [-0.2, -0.15) is 0 Å². The molecule has 0 aromatic heterocycles. The Kier molecular flexibility index (Phi) is 14.9. The maximum Gasteiger partial charge on any atom is 0.289 e. The topological polar surface area (TPSA) is 133 Å². The van der Waals surface area contributed by atoms with Gasteiger partial charge in [0.15, 0.2) is 0 Å². The lowest BCUT2D eigenvalue weighted by Gasteiger charge is -2.19. The van der Waals surface area contributed by atoms with Gasteiger partial charge in [-0.3, -0.25) is 24.0 Å². The predicted octanol–water partition coefficient (Wildman–Crippen LogP) is 5.00. The number of nitrogens with one attached hydrogen (secondary N) is 4. The number of ketones is 1. The highest BCUT2D eigenvalue weighted by molar-refractivity contribution is 6.37. The van der Waals surface area contributed by atoms with E-state index in [0.717, 1.165) is 27.8 Å². The number of benzene rings is 4. The van der Waals surface area contributed by atoms with Crippen LogP contribution in [-0.2, 0) is 43.4 Å². The molecule has 1 unspecified atom stereocenters. The molecule has 1 saturated carbocycles. The lowest BCUT2D eigenvalue weighted by Crippen LogP contribution is -2.51. The van der Waals surface area contributed by atoms with Crippen LogP contribution in [0.2, 0.25) is 0 Å². The second-order valence-corrected chi connectivity index (χ2v) is 12.4. The van der Waals surface area contributed by atoms with Crippen molar-refractivity contribution in [2.75, 3.05) is 13.1 Å². The summed E-state index contributed by atoms with van der Waals surface area (Å²) in [4.78, 5) is 62.4. The minimum Gasteiger partial charge on any atom is -0.347 e. The van der Waals surface area contributed by atoms with Crippen LogP contribution in [0.4, 0.5) is 0 Å². The van der Waals surface area contributed by atoms with Crippen LogP contribution < -0.4 is 21.3 Å². The molecular formula is C41H46N4O5. The standard InChI is InChI=1S/C31H32N4O5.C7H8.C3H6/c36-27(31(40)33-18-23-6-2-1-3-7-23)19-34-30(39)26-14-12-21-8-4-10-24(16-21)25-11-5-9-22(17-25)13-15-28(37)32-20-29(38)35-26;1-7-5-3-2-4-6-7;1-2-3-1/h1-11,16-17,26H,12-15,18-20H2,(H,32,37)(H,33,40)(H,34,39)(H,35,38);2-6H,1H3;1-3H2. The number of carbonyl (C=O) groups is 5. The summed E-state index contributed by atoms with van der Waals surface area (Å²) in [5.41, 5.74) is 6.20. The van der Waals surface area contributed by atoms with E-state index in [-0.39, 0.29) is 31.8 Å². The Hall–Kier alpha value is -5.57. The third kappa shape index (κ3) is 13.9. The molecule has 1 heterocycles. The fraction of sp³-hybridized carbons (Fsp3) is 0.293. The summed E-state index contributed by atoms with van der Waals surface area (Å²) in [7, 11) is 0. The largest absolute Gasteiger partial charge is 0.347 e. The number of hydrogen-bond donors (Lipinski definition) is 4. The molecule has 260 valence electrons. The van der Waals surface area contributed by atoms with Crippen LogP contribution in [-0.4, -0.2) is 48.5 Å². The van der Waals surface area contributed by atoms with E-state index in [1.54, 1.807) is 0 Å². The smallest absolute Gasteiger partial charge is 0.289 e. The maximum absolute atomic E-state index is 13.0. The SMILES string of the molecule is C1CC1.Cc1ccccc1.O=C1CCc2cccc(c2)-c2cccc(c2)CCC(C(=O)NCC(=O)C(=O)NCc2ccccc2)NC(=O)CN1. The zero-order valence-corrected chi connectivity index (χ0v) is 28.6. The van der Waals surface area contributed by atoms with E-state index in [0.29, 0.717) is 12.8 Å². The number of hydrogen-bond acceptors (Lipinski definition) is 5. The van der Waals surface area contributed by atoms with Crippen LogP contribution in [0.25, 0.3) is 11.1 Å². The first-order chi connectivity index (χ1) is 24.3. The van der Waals surface area contributed by atoms with Crippen molar-refractivity contribution in [1.29, 1.82) is 0 Å². The Morgan fingerprint density at radius 3 is 1.86 bits per heavy atom. The summed E-state index contributed by atoms with van der Waals surface area (Å²) in [6.07, 6.45) is 5.97. The van der Waals surface area contributed by atoms with Crippen molar-refractivity contribution in [3.05, 3.63) is 131 Å². The first-order valence-corrected chi connectivity index (χ1v) is 17.2. The lowest BCUT2D eigenvalue weighted by molar-refractivity contribution is -0.138. The second-order valence-electron chi connectivity index (χ2n) is 12.4. The third-order valence-electron chi connectivity index (χ3n) is 7.91. The molecule has 0 spiro atoms. The number of fused-ring (bicyclic) bond motifs is 5. The van der Waals surface area contributed by atoms with Gasteiger partial charge in [0.05, 0.1) is 13.1 Å². The summed E-state index contributed by atoms with van der Waals surface area (Å²) in [5.74, 6) is -3.00. The highest BCUT2D eigenvalue weighted by Crippen LogP contribution is 2.23. The Balaban J connectivity index is 0.000000480. The third-order valence-corrected chi connectivity index (χ3v) is 7.91. The molecule has 9 heteroatoms. The summed E-state index contributed by atoms with van der Waals surface area (Å²) in [5, 5.41) is 10.3. The normalized spacial score (nSPS) is 15.3. The zero-order chi connectivity index (χ0) is 35.6. The van der Waals surface area contributed by atoms with E-state index in [9.17, 15) is 24.0 Å². The summed E-state index contributed by atoms with van der Waals surface area (Å²) < 4.78 is 0. The average Bonchev–Trinajstić information content (AvgIpc) is 4.04. The molecule has 6 rings (SSSR count). The molecule has 0 saturated heterocycles. The van der Waals surface area contributed by atoms with Crippen LogP contribution in [0, 0.1) is 6.92 Å². The Bertz CT molecular complexity index is 1720. The van der Waals surface area contributed by atoms with Crippen LogP contribution in [0.15, 0.2) is 109 Å². The van der Waals surface area contributed by atoms with Crippen LogP contribution >= 0.6 is 0 Å². The van der Waals surface area contributed by atoms with Gasteiger partial charge in [-0.1, -0.05) is 134 Å².